The summed E-state index contributed by atoms with van der Waals surface area (Å²) in [6, 6.07) is 12.2. The standard InChI is InChI=1S/C27H33NO5/c1-5-6-18-7-8-20(24(11-18)31-4)17-32-23-10-9-19-12-22(27(2,3)33-25(19)13-23)16-28-14-21(15-28)26(29)30/h7-13,21H,5-6,14-17H2,1-4H3,(H,29,30). The quantitative estimate of drug-likeness (QED) is 0.591. The van der Waals surface area contributed by atoms with Crippen LogP contribution in [0.3, 0.4) is 0 Å². The maximum atomic E-state index is 11.1. The number of aryl methyl sites for hydroxylation is 1. The van der Waals surface area contributed by atoms with Crippen LogP contribution in [0.2, 0.25) is 0 Å². The number of hydrogen-bond donors (Lipinski definition) is 1. The van der Waals surface area contributed by atoms with Crippen LogP contribution >= 0.6 is 0 Å². The molecule has 2 heterocycles. The van der Waals surface area contributed by atoms with Crippen molar-refractivity contribution in [3.05, 3.63) is 58.7 Å². The van der Waals surface area contributed by atoms with Crippen molar-refractivity contribution in [1.29, 1.82) is 0 Å². The molecule has 2 aromatic rings. The smallest absolute Gasteiger partial charge is 0.309 e. The largest absolute Gasteiger partial charge is 0.496 e. The van der Waals surface area contributed by atoms with E-state index in [-0.39, 0.29) is 5.92 Å². The molecule has 1 saturated heterocycles. The highest BCUT2D eigenvalue weighted by molar-refractivity contribution is 5.72. The normalized spacial score (nSPS) is 17.4. The van der Waals surface area contributed by atoms with Crippen molar-refractivity contribution in [2.24, 2.45) is 5.92 Å². The lowest BCUT2D eigenvalue weighted by Gasteiger charge is -2.41. The second-order valence-electron chi connectivity index (χ2n) is 9.40. The number of rotatable bonds is 9. The van der Waals surface area contributed by atoms with Gasteiger partial charge in [-0.1, -0.05) is 25.5 Å². The van der Waals surface area contributed by atoms with Gasteiger partial charge in [-0.25, -0.2) is 0 Å². The Kier molecular flexibility index (Phi) is 6.66. The number of fused-ring (bicyclic) bond motifs is 1. The number of aliphatic carboxylic acids is 1. The monoisotopic (exact) mass is 451 g/mol. The van der Waals surface area contributed by atoms with E-state index in [4.69, 9.17) is 19.3 Å². The third-order valence-corrected chi connectivity index (χ3v) is 6.44. The SMILES string of the molecule is CCCc1ccc(COc2ccc3c(c2)OC(C)(C)C(CN2CC(C(=O)O)C2)=C3)c(OC)c1. The average Bonchev–Trinajstić information content (AvgIpc) is 2.74. The number of carbonyl (C=O) groups is 1. The maximum Gasteiger partial charge on any atom is 0.309 e. The van der Waals surface area contributed by atoms with Crippen molar-refractivity contribution in [2.75, 3.05) is 26.7 Å². The van der Waals surface area contributed by atoms with E-state index < -0.39 is 11.6 Å². The summed E-state index contributed by atoms with van der Waals surface area (Å²) >= 11 is 0. The fourth-order valence-electron chi connectivity index (χ4n) is 4.36. The molecule has 0 radical (unpaired) electrons. The van der Waals surface area contributed by atoms with Crippen LogP contribution in [0.4, 0.5) is 0 Å². The number of carboxylic acid groups (broad SMARTS) is 1. The molecule has 0 unspecified atom stereocenters. The molecule has 6 heteroatoms. The summed E-state index contributed by atoms with van der Waals surface area (Å²) in [5, 5.41) is 9.11. The average molecular weight is 452 g/mol. The fourth-order valence-corrected chi connectivity index (χ4v) is 4.36. The van der Waals surface area contributed by atoms with E-state index in [1.54, 1.807) is 7.11 Å². The number of ether oxygens (including phenoxy) is 3. The molecule has 0 spiro atoms. The number of hydrogen-bond acceptors (Lipinski definition) is 5. The molecule has 2 aromatic carbocycles. The Balaban J connectivity index is 1.44. The zero-order chi connectivity index (χ0) is 23.6. The van der Waals surface area contributed by atoms with E-state index in [0.717, 1.165) is 46.8 Å². The molecule has 0 aliphatic carbocycles. The van der Waals surface area contributed by atoms with Crippen LogP contribution in [0.15, 0.2) is 42.0 Å². The summed E-state index contributed by atoms with van der Waals surface area (Å²) in [5.74, 6) is 1.41. The Morgan fingerprint density at radius 3 is 2.70 bits per heavy atom. The fraction of sp³-hybridized carbons (Fsp3) is 0.444. The summed E-state index contributed by atoms with van der Waals surface area (Å²) in [5.41, 5.74) is 3.95. The van der Waals surface area contributed by atoms with E-state index in [0.29, 0.717) is 26.2 Å². The van der Waals surface area contributed by atoms with Gasteiger partial charge in [-0.2, -0.15) is 0 Å². The third-order valence-electron chi connectivity index (χ3n) is 6.44. The van der Waals surface area contributed by atoms with E-state index in [2.05, 4.69) is 36.1 Å². The van der Waals surface area contributed by atoms with Gasteiger partial charge in [0.1, 0.15) is 29.5 Å². The lowest BCUT2D eigenvalue weighted by atomic mass is 9.89. The first-order chi connectivity index (χ1) is 15.8. The summed E-state index contributed by atoms with van der Waals surface area (Å²) in [7, 11) is 1.69. The summed E-state index contributed by atoms with van der Waals surface area (Å²) < 4.78 is 18.0. The Morgan fingerprint density at radius 1 is 1.21 bits per heavy atom. The topological polar surface area (TPSA) is 68.2 Å². The zero-order valence-corrected chi connectivity index (χ0v) is 19.9. The molecule has 0 saturated carbocycles. The number of carboxylic acids is 1. The van der Waals surface area contributed by atoms with Gasteiger partial charge in [0.2, 0.25) is 0 Å². The molecule has 2 aliphatic heterocycles. The summed E-state index contributed by atoms with van der Waals surface area (Å²) in [6.45, 7) is 8.57. The number of benzene rings is 2. The van der Waals surface area contributed by atoms with Gasteiger partial charge >= 0.3 is 5.97 Å². The molecule has 0 bridgehead atoms. The van der Waals surface area contributed by atoms with Gasteiger partial charge in [0.25, 0.3) is 0 Å². The van der Waals surface area contributed by atoms with Crippen LogP contribution in [-0.2, 0) is 17.8 Å². The minimum atomic E-state index is -0.716. The highest BCUT2D eigenvalue weighted by Crippen LogP contribution is 2.39. The Bertz CT molecular complexity index is 1050. The van der Waals surface area contributed by atoms with E-state index in [1.165, 1.54) is 5.56 Å². The second kappa shape index (κ2) is 9.48. The van der Waals surface area contributed by atoms with Crippen LogP contribution in [0.25, 0.3) is 6.08 Å². The minimum absolute atomic E-state index is 0.258. The molecule has 0 amide bonds. The molecule has 33 heavy (non-hydrogen) atoms. The van der Waals surface area contributed by atoms with Gasteiger partial charge in [0, 0.05) is 36.8 Å². The molecular formula is C27H33NO5. The predicted molar refractivity (Wildman–Crippen MR) is 128 cm³/mol. The molecule has 6 nitrogen and oxygen atoms in total. The first-order valence-corrected chi connectivity index (χ1v) is 11.6. The third kappa shape index (κ3) is 5.17. The molecule has 1 N–H and O–H groups in total. The lowest BCUT2D eigenvalue weighted by Crippen LogP contribution is -2.52. The molecular weight excluding hydrogens is 418 g/mol. The van der Waals surface area contributed by atoms with Gasteiger partial charge < -0.3 is 19.3 Å². The Morgan fingerprint density at radius 2 is 2.00 bits per heavy atom. The van der Waals surface area contributed by atoms with Crippen molar-refractivity contribution in [3.8, 4) is 17.2 Å². The Hall–Kier alpha value is -2.99. The maximum absolute atomic E-state index is 11.1. The van der Waals surface area contributed by atoms with Gasteiger partial charge in [-0.3, -0.25) is 9.69 Å². The van der Waals surface area contributed by atoms with Gasteiger partial charge in [-0.15, -0.1) is 0 Å². The minimum Gasteiger partial charge on any atom is -0.496 e. The second-order valence-corrected chi connectivity index (χ2v) is 9.40. The van der Waals surface area contributed by atoms with Crippen molar-refractivity contribution < 1.29 is 24.1 Å². The molecule has 0 atom stereocenters. The number of likely N-dealkylation sites (tertiary alicyclic amines) is 1. The van der Waals surface area contributed by atoms with Crippen LogP contribution in [0.1, 0.15) is 43.9 Å². The molecule has 1 fully saturated rings. The highest BCUT2D eigenvalue weighted by Gasteiger charge is 2.37. The highest BCUT2D eigenvalue weighted by atomic mass is 16.5. The van der Waals surface area contributed by atoms with Crippen molar-refractivity contribution in [2.45, 2.75) is 45.8 Å². The summed E-state index contributed by atoms with van der Waals surface area (Å²) in [6.07, 6.45) is 4.29. The molecule has 0 aromatic heterocycles. The van der Waals surface area contributed by atoms with E-state index in [1.807, 2.05) is 32.0 Å². The van der Waals surface area contributed by atoms with E-state index in [9.17, 15) is 4.79 Å². The predicted octanol–water partition coefficient (Wildman–Crippen LogP) is 4.80. The zero-order valence-electron chi connectivity index (χ0n) is 19.9. The van der Waals surface area contributed by atoms with Crippen LogP contribution < -0.4 is 14.2 Å². The summed E-state index contributed by atoms with van der Waals surface area (Å²) in [4.78, 5) is 13.2. The van der Waals surface area contributed by atoms with Crippen molar-refractivity contribution in [1.82, 2.24) is 4.90 Å². The van der Waals surface area contributed by atoms with Gasteiger partial charge in [0.15, 0.2) is 0 Å². The number of methoxy groups -OCH3 is 1. The van der Waals surface area contributed by atoms with Crippen molar-refractivity contribution in [3.63, 3.8) is 0 Å². The van der Waals surface area contributed by atoms with Crippen LogP contribution in [0.5, 0.6) is 17.2 Å². The van der Waals surface area contributed by atoms with Crippen molar-refractivity contribution >= 4 is 12.0 Å². The molecule has 2 aliphatic rings. The van der Waals surface area contributed by atoms with E-state index >= 15 is 0 Å². The van der Waals surface area contributed by atoms with Crippen LogP contribution in [0, 0.1) is 5.92 Å². The Labute approximate surface area is 195 Å². The first kappa shape index (κ1) is 23.2. The van der Waals surface area contributed by atoms with Crippen LogP contribution in [-0.4, -0.2) is 48.3 Å². The van der Waals surface area contributed by atoms with Gasteiger partial charge in [-0.05, 0) is 55.7 Å². The van der Waals surface area contributed by atoms with Gasteiger partial charge in [0.05, 0.1) is 13.0 Å². The first-order valence-electron chi connectivity index (χ1n) is 11.6. The lowest BCUT2D eigenvalue weighted by molar-refractivity contribution is -0.147. The number of nitrogens with zero attached hydrogens (tertiary/aromatic N) is 1. The molecule has 4 rings (SSSR count). The molecule has 176 valence electrons.